The van der Waals surface area contributed by atoms with Gasteiger partial charge in [0.15, 0.2) is 0 Å². The maximum atomic E-state index is 12.7. The van der Waals surface area contributed by atoms with Crippen LogP contribution in [0.15, 0.2) is 24.5 Å². The molecule has 2 aliphatic heterocycles. The average molecular weight is 387 g/mol. The lowest BCUT2D eigenvalue weighted by Gasteiger charge is -2.43. The van der Waals surface area contributed by atoms with Crippen LogP contribution in [0.4, 0.5) is 4.79 Å². The van der Waals surface area contributed by atoms with Gasteiger partial charge in [-0.15, -0.1) is 0 Å². The van der Waals surface area contributed by atoms with Crippen molar-refractivity contribution in [1.82, 2.24) is 25.0 Å². The highest BCUT2D eigenvalue weighted by Gasteiger charge is 2.54. The molecular weight excluding hydrogens is 358 g/mol. The van der Waals surface area contributed by atoms with Gasteiger partial charge in [0, 0.05) is 38.6 Å². The van der Waals surface area contributed by atoms with Crippen LogP contribution in [0.1, 0.15) is 32.3 Å². The van der Waals surface area contributed by atoms with Crippen LogP contribution in [0.2, 0.25) is 0 Å². The van der Waals surface area contributed by atoms with Gasteiger partial charge in [0.05, 0.1) is 6.54 Å². The zero-order chi connectivity index (χ0) is 20.3. The lowest BCUT2D eigenvalue weighted by Crippen LogP contribution is -2.58. The molecule has 0 aliphatic carbocycles. The van der Waals surface area contributed by atoms with Crippen molar-refractivity contribution in [3.05, 3.63) is 30.1 Å². The number of nitrogens with one attached hydrogen (secondary N) is 1. The van der Waals surface area contributed by atoms with E-state index in [1.54, 1.807) is 22.2 Å². The summed E-state index contributed by atoms with van der Waals surface area (Å²) in [6, 6.07) is 3.56. The Hall–Kier alpha value is -2.48. The molecule has 152 valence electrons. The van der Waals surface area contributed by atoms with Gasteiger partial charge in [0.25, 0.3) is 5.91 Å². The Kier molecular flexibility index (Phi) is 5.98. The maximum absolute atomic E-state index is 12.7. The minimum absolute atomic E-state index is 0.0477. The number of carbonyl (C=O) groups is 3. The molecule has 3 heterocycles. The molecule has 0 aromatic carbocycles. The van der Waals surface area contributed by atoms with E-state index < -0.39 is 5.54 Å². The third-order valence-electron chi connectivity index (χ3n) is 5.50. The molecule has 28 heavy (non-hydrogen) atoms. The van der Waals surface area contributed by atoms with Crippen LogP contribution in [0.5, 0.6) is 0 Å². The van der Waals surface area contributed by atoms with Gasteiger partial charge in [-0.05, 0) is 43.5 Å². The van der Waals surface area contributed by atoms with Gasteiger partial charge >= 0.3 is 6.03 Å². The molecule has 8 heteroatoms. The predicted octanol–water partition coefficient (Wildman–Crippen LogP) is 1.08. The van der Waals surface area contributed by atoms with Gasteiger partial charge in [-0.1, -0.05) is 13.8 Å². The standard InChI is InChI=1S/C20H29N5O3/c1-15(2)12-25-19(28)22-18(27)20(25)6-10-24(11-7-20)17(26)14-23(3)13-16-4-8-21-9-5-16/h4-5,8-9,15H,6-7,10-14H2,1-3H3,(H,22,27,28). The fourth-order valence-electron chi connectivity index (χ4n) is 4.03. The monoisotopic (exact) mass is 387 g/mol. The van der Waals surface area contributed by atoms with E-state index in [0.29, 0.717) is 45.6 Å². The van der Waals surface area contributed by atoms with E-state index in [0.717, 1.165) is 5.56 Å². The molecule has 1 spiro atoms. The van der Waals surface area contributed by atoms with Crippen molar-refractivity contribution in [3.63, 3.8) is 0 Å². The van der Waals surface area contributed by atoms with Gasteiger partial charge < -0.3 is 9.80 Å². The van der Waals surface area contributed by atoms with Gasteiger partial charge in [-0.2, -0.15) is 0 Å². The van der Waals surface area contributed by atoms with E-state index in [1.807, 2.05) is 37.9 Å². The van der Waals surface area contributed by atoms with Crippen molar-refractivity contribution in [2.45, 2.75) is 38.8 Å². The SMILES string of the molecule is CC(C)CN1C(=O)NC(=O)C12CCN(C(=O)CN(C)Cc1ccncc1)CC2. The van der Waals surface area contributed by atoms with Crippen LogP contribution in [0, 0.1) is 5.92 Å². The molecule has 3 rings (SSSR count). The normalized spacial score (nSPS) is 19.0. The quantitative estimate of drug-likeness (QED) is 0.739. The van der Waals surface area contributed by atoms with Crippen molar-refractivity contribution >= 4 is 17.8 Å². The summed E-state index contributed by atoms with van der Waals surface area (Å²) in [5.41, 5.74) is 0.300. The summed E-state index contributed by atoms with van der Waals surface area (Å²) in [4.78, 5) is 46.9. The number of likely N-dealkylation sites (N-methyl/N-ethyl adjacent to an activating group) is 1. The summed E-state index contributed by atoms with van der Waals surface area (Å²) in [5, 5.41) is 2.47. The first-order valence-electron chi connectivity index (χ1n) is 9.80. The first kappa shape index (κ1) is 20.3. The number of hydrogen-bond acceptors (Lipinski definition) is 5. The molecule has 0 radical (unpaired) electrons. The van der Waals surface area contributed by atoms with Crippen LogP contribution >= 0.6 is 0 Å². The number of piperidine rings is 1. The summed E-state index contributed by atoms with van der Waals surface area (Å²) in [7, 11) is 1.91. The molecule has 0 bridgehead atoms. The first-order valence-corrected chi connectivity index (χ1v) is 9.80. The summed E-state index contributed by atoms with van der Waals surface area (Å²) in [6.07, 6.45) is 4.45. The molecule has 2 aliphatic rings. The Morgan fingerprint density at radius 3 is 2.50 bits per heavy atom. The van der Waals surface area contributed by atoms with Crippen molar-refractivity contribution < 1.29 is 14.4 Å². The molecule has 0 atom stereocenters. The molecule has 1 aromatic rings. The maximum Gasteiger partial charge on any atom is 0.325 e. The predicted molar refractivity (Wildman–Crippen MR) is 104 cm³/mol. The fourth-order valence-corrected chi connectivity index (χ4v) is 4.03. The number of urea groups is 1. The smallest absolute Gasteiger partial charge is 0.325 e. The van der Waals surface area contributed by atoms with E-state index >= 15 is 0 Å². The highest BCUT2D eigenvalue weighted by atomic mass is 16.2. The van der Waals surface area contributed by atoms with Crippen LogP contribution in [0.25, 0.3) is 0 Å². The Morgan fingerprint density at radius 1 is 1.25 bits per heavy atom. The third kappa shape index (κ3) is 4.16. The largest absolute Gasteiger partial charge is 0.341 e. The van der Waals surface area contributed by atoms with Gasteiger partial charge in [0.2, 0.25) is 5.91 Å². The molecule has 2 saturated heterocycles. The number of nitrogens with zero attached hydrogens (tertiary/aromatic N) is 4. The Balaban J connectivity index is 1.57. The van der Waals surface area contributed by atoms with E-state index in [4.69, 9.17) is 0 Å². The molecule has 4 amide bonds. The lowest BCUT2D eigenvalue weighted by atomic mass is 9.85. The summed E-state index contributed by atoms with van der Waals surface area (Å²) in [5.74, 6) is 0.0987. The zero-order valence-corrected chi connectivity index (χ0v) is 16.9. The number of amides is 4. The van der Waals surface area contributed by atoms with E-state index in [1.165, 1.54) is 0 Å². The molecule has 8 nitrogen and oxygen atoms in total. The average Bonchev–Trinajstić information content (AvgIpc) is 2.86. The van der Waals surface area contributed by atoms with Crippen LogP contribution in [-0.4, -0.2) is 76.3 Å². The Labute approximate surface area is 165 Å². The number of imide groups is 1. The molecule has 0 unspecified atom stereocenters. The van der Waals surface area contributed by atoms with Crippen molar-refractivity contribution in [2.75, 3.05) is 33.2 Å². The number of likely N-dealkylation sites (tertiary alicyclic amines) is 1. The van der Waals surface area contributed by atoms with Crippen molar-refractivity contribution in [1.29, 1.82) is 0 Å². The topological polar surface area (TPSA) is 85.8 Å². The molecule has 0 saturated carbocycles. The zero-order valence-electron chi connectivity index (χ0n) is 16.9. The minimum Gasteiger partial charge on any atom is -0.341 e. The van der Waals surface area contributed by atoms with Gasteiger partial charge in [-0.3, -0.25) is 24.8 Å². The van der Waals surface area contributed by atoms with E-state index in [9.17, 15) is 14.4 Å². The fraction of sp³-hybridized carbons (Fsp3) is 0.600. The number of pyridine rings is 1. The Bertz CT molecular complexity index is 729. The van der Waals surface area contributed by atoms with Crippen LogP contribution in [-0.2, 0) is 16.1 Å². The number of carbonyl (C=O) groups excluding carboxylic acids is 3. The lowest BCUT2D eigenvalue weighted by molar-refractivity contribution is -0.138. The number of rotatable bonds is 6. The molecule has 1 aromatic heterocycles. The molecule has 2 fully saturated rings. The summed E-state index contributed by atoms with van der Waals surface area (Å²) in [6.45, 7) is 6.55. The second kappa shape index (κ2) is 8.26. The van der Waals surface area contributed by atoms with Gasteiger partial charge in [0.1, 0.15) is 5.54 Å². The minimum atomic E-state index is -0.804. The van der Waals surface area contributed by atoms with Crippen LogP contribution < -0.4 is 5.32 Å². The van der Waals surface area contributed by atoms with Crippen molar-refractivity contribution in [2.24, 2.45) is 5.92 Å². The third-order valence-corrected chi connectivity index (χ3v) is 5.50. The number of aromatic nitrogens is 1. The van der Waals surface area contributed by atoms with E-state index in [2.05, 4.69) is 10.3 Å². The first-order chi connectivity index (χ1) is 13.3. The van der Waals surface area contributed by atoms with E-state index in [-0.39, 0.29) is 23.8 Å². The summed E-state index contributed by atoms with van der Waals surface area (Å²) < 4.78 is 0. The molecular formula is C20H29N5O3. The Morgan fingerprint density at radius 2 is 1.89 bits per heavy atom. The van der Waals surface area contributed by atoms with Gasteiger partial charge in [-0.25, -0.2) is 4.79 Å². The second-order valence-electron chi connectivity index (χ2n) is 8.20. The van der Waals surface area contributed by atoms with Crippen molar-refractivity contribution in [3.8, 4) is 0 Å². The number of hydrogen-bond donors (Lipinski definition) is 1. The second-order valence-corrected chi connectivity index (χ2v) is 8.20. The molecule has 1 N–H and O–H groups in total. The van der Waals surface area contributed by atoms with Crippen LogP contribution in [0.3, 0.4) is 0 Å². The summed E-state index contributed by atoms with van der Waals surface area (Å²) >= 11 is 0. The highest BCUT2D eigenvalue weighted by Crippen LogP contribution is 2.34. The highest BCUT2D eigenvalue weighted by molar-refractivity contribution is 6.07.